The molecule has 1 aliphatic rings. The number of alkyl halides is 3. The summed E-state index contributed by atoms with van der Waals surface area (Å²) in [7, 11) is 0. The van der Waals surface area contributed by atoms with Gasteiger partial charge in [-0.15, -0.1) is 0 Å². The van der Waals surface area contributed by atoms with E-state index in [1.165, 1.54) is 12.1 Å². The van der Waals surface area contributed by atoms with Crippen molar-refractivity contribution in [3.05, 3.63) is 65.2 Å². The third kappa shape index (κ3) is 5.25. The van der Waals surface area contributed by atoms with Gasteiger partial charge in [-0.05, 0) is 55.7 Å². The highest BCUT2D eigenvalue weighted by Crippen LogP contribution is 2.30. The first-order valence-corrected chi connectivity index (χ1v) is 8.88. The Morgan fingerprint density at radius 1 is 1.07 bits per heavy atom. The van der Waals surface area contributed by atoms with Gasteiger partial charge < -0.3 is 16.0 Å². The van der Waals surface area contributed by atoms with Gasteiger partial charge in [-0.1, -0.05) is 18.2 Å². The fourth-order valence-corrected chi connectivity index (χ4v) is 2.64. The number of carbonyl (C=O) groups is 2. The molecule has 0 aromatic heterocycles. The predicted octanol–water partition coefficient (Wildman–Crippen LogP) is 4.48. The van der Waals surface area contributed by atoms with Crippen molar-refractivity contribution in [2.24, 2.45) is 0 Å². The van der Waals surface area contributed by atoms with Crippen LogP contribution in [0.25, 0.3) is 0 Å². The van der Waals surface area contributed by atoms with Crippen molar-refractivity contribution in [3.8, 4) is 0 Å². The van der Waals surface area contributed by atoms with Crippen molar-refractivity contribution in [2.75, 3.05) is 5.32 Å². The Labute approximate surface area is 160 Å². The van der Waals surface area contributed by atoms with Crippen LogP contribution in [0.4, 0.5) is 23.7 Å². The molecule has 8 heteroatoms. The maximum Gasteiger partial charge on any atom is 0.416 e. The number of rotatable bonds is 5. The number of anilines is 1. The third-order valence-corrected chi connectivity index (χ3v) is 4.38. The van der Waals surface area contributed by atoms with Gasteiger partial charge in [-0.25, -0.2) is 4.79 Å². The van der Waals surface area contributed by atoms with Crippen molar-refractivity contribution in [1.29, 1.82) is 0 Å². The molecule has 1 saturated carbocycles. The lowest BCUT2D eigenvalue weighted by atomic mass is 10.1. The van der Waals surface area contributed by atoms with E-state index in [1.54, 1.807) is 31.2 Å². The van der Waals surface area contributed by atoms with E-state index in [1.807, 2.05) is 0 Å². The molecular weight excluding hydrogens is 371 g/mol. The second-order valence-electron chi connectivity index (χ2n) is 6.77. The highest BCUT2D eigenvalue weighted by atomic mass is 19.4. The van der Waals surface area contributed by atoms with Gasteiger partial charge in [-0.2, -0.15) is 13.2 Å². The molecule has 5 nitrogen and oxygen atoms in total. The Kier molecular flexibility index (Phi) is 5.58. The van der Waals surface area contributed by atoms with E-state index in [-0.39, 0.29) is 11.9 Å². The number of amides is 3. The second kappa shape index (κ2) is 7.92. The molecule has 2 aromatic carbocycles. The molecule has 0 radical (unpaired) electrons. The molecule has 3 N–H and O–H groups in total. The summed E-state index contributed by atoms with van der Waals surface area (Å²) in [5.74, 6) is -0.190. The van der Waals surface area contributed by atoms with Crippen LogP contribution in [0.5, 0.6) is 0 Å². The molecule has 0 unspecified atom stereocenters. The van der Waals surface area contributed by atoms with Crippen LogP contribution in [-0.4, -0.2) is 18.0 Å². The summed E-state index contributed by atoms with van der Waals surface area (Å²) in [5, 5.41) is 8.17. The molecule has 0 bridgehead atoms. The van der Waals surface area contributed by atoms with Crippen LogP contribution in [0.2, 0.25) is 0 Å². The molecule has 3 amide bonds. The zero-order chi connectivity index (χ0) is 20.3. The van der Waals surface area contributed by atoms with E-state index in [2.05, 4.69) is 16.0 Å². The Hall–Kier alpha value is -3.03. The molecule has 1 atom stereocenters. The lowest BCUT2D eigenvalue weighted by molar-refractivity contribution is -0.137. The van der Waals surface area contributed by atoms with E-state index < -0.39 is 23.8 Å². The number of benzene rings is 2. The molecular formula is C20H20F3N3O2. The zero-order valence-electron chi connectivity index (χ0n) is 15.1. The van der Waals surface area contributed by atoms with Crippen LogP contribution in [-0.2, 0) is 6.18 Å². The number of carbonyl (C=O) groups excluding carboxylic acids is 2. The van der Waals surface area contributed by atoms with E-state index >= 15 is 0 Å². The number of hydrogen-bond acceptors (Lipinski definition) is 2. The topological polar surface area (TPSA) is 70.2 Å². The quantitative estimate of drug-likeness (QED) is 0.703. The number of nitrogens with one attached hydrogen (secondary N) is 3. The standard InChI is InChI=1S/C20H20F3N3O2/c1-12(13-5-7-15(8-6-13)20(21,22)23)24-19(28)26-17-4-2-3-14(11-17)18(27)25-16-9-10-16/h2-8,11-12,16H,9-10H2,1H3,(H,25,27)(H2,24,26,28)/t12-/m1/s1. The molecule has 0 spiro atoms. The van der Waals surface area contributed by atoms with E-state index in [0.717, 1.165) is 25.0 Å². The smallest absolute Gasteiger partial charge is 0.349 e. The van der Waals surface area contributed by atoms with Crippen LogP contribution in [0.15, 0.2) is 48.5 Å². The lowest BCUT2D eigenvalue weighted by Crippen LogP contribution is -2.31. The summed E-state index contributed by atoms with van der Waals surface area (Å²) < 4.78 is 37.9. The number of hydrogen-bond donors (Lipinski definition) is 3. The van der Waals surface area contributed by atoms with Crippen LogP contribution >= 0.6 is 0 Å². The van der Waals surface area contributed by atoms with Crippen LogP contribution < -0.4 is 16.0 Å². The van der Waals surface area contributed by atoms with Gasteiger partial charge in [0.25, 0.3) is 5.91 Å². The molecule has 0 heterocycles. The first-order chi connectivity index (χ1) is 13.2. The highest BCUT2D eigenvalue weighted by molar-refractivity contribution is 5.97. The number of urea groups is 1. The van der Waals surface area contributed by atoms with Crippen LogP contribution in [0.1, 0.15) is 47.3 Å². The van der Waals surface area contributed by atoms with Gasteiger partial charge >= 0.3 is 12.2 Å². The summed E-state index contributed by atoms with van der Waals surface area (Å²) in [6.45, 7) is 1.67. The van der Waals surface area contributed by atoms with Gasteiger partial charge in [0.15, 0.2) is 0 Å². The van der Waals surface area contributed by atoms with Crippen LogP contribution in [0.3, 0.4) is 0 Å². The first-order valence-electron chi connectivity index (χ1n) is 8.88. The monoisotopic (exact) mass is 391 g/mol. The highest BCUT2D eigenvalue weighted by Gasteiger charge is 2.30. The normalized spacial score (nSPS) is 14.9. The molecule has 0 saturated heterocycles. The summed E-state index contributed by atoms with van der Waals surface area (Å²) >= 11 is 0. The van der Waals surface area contributed by atoms with E-state index in [9.17, 15) is 22.8 Å². The first kappa shape index (κ1) is 19.7. The Morgan fingerprint density at radius 3 is 2.36 bits per heavy atom. The fourth-order valence-electron chi connectivity index (χ4n) is 2.64. The summed E-state index contributed by atoms with van der Waals surface area (Å²) in [4.78, 5) is 24.3. The molecule has 3 rings (SSSR count). The summed E-state index contributed by atoms with van der Waals surface area (Å²) in [6, 6.07) is 10.4. The fraction of sp³-hybridized carbons (Fsp3) is 0.300. The molecule has 0 aliphatic heterocycles. The Balaban J connectivity index is 1.58. The minimum absolute atomic E-state index is 0.190. The van der Waals surface area contributed by atoms with Gasteiger partial charge in [0, 0.05) is 17.3 Å². The predicted molar refractivity (Wildman–Crippen MR) is 98.9 cm³/mol. The average molecular weight is 391 g/mol. The van der Waals surface area contributed by atoms with Gasteiger partial charge in [0.05, 0.1) is 11.6 Å². The van der Waals surface area contributed by atoms with Gasteiger partial charge in [0.1, 0.15) is 0 Å². The lowest BCUT2D eigenvalue weighted by Gasteiger charge is -2.16. The second-order valence-corrected chi connectivity index (χ2v) is 6.77. The SMILES string of the molecule is C[C@@H](NC(=O)Nc1cccc(C(=O)NC2CC2)c1)c1ccc(C(F)(F)F)cc1. The maximum absolute atomic E-state index is 12.6. The van der Waals surface area contributed by atoms with E-state index in [0.29, 0.717) is 16.8 Å². The molecule has 148 valence electrons. The minimum atomic E-state index is -4.40. The summed E-state index contributed by atoms with van der Waals surface area (Å²) in [5.41, 5.74) is 0.691. The van der Waals surface area contributed by atoms with Gasteiger partial charge in [0.2, 0.25) is 0 Å². The van der Waals surface area contributed by atoms with Crippen molar-refractivity contribution in [2.45, 2.75) is 38.0 Å². The molecule has 2 aromatic rings. The Bertz CT molecular complexity index is 862. The molecule has 1 fully saturated rings. The van der Waals surface area contributed by atoms with Crippen LogP contribution in [0, 0.1) is 0 Å². The minimum Gasteiger partial charge on any atom is -0.349 e. The van der Waals surface area contributed by atoms with Gasteiger partial charge in [-0.3, -0.25) is 4.79 Å². The number of halogens is 3. The van der Waals surface area contributed by atoms with Crippen molar-refractivity contribution in [3.63, 3.8) is 0 Å². The van der Waals surface area contributed by atoms with E-state index in [4.69, 9.17) is 0 Å². The van der Waals surface area contributed by atoms with Crippen molar-refractivity contribution in [1.82, 2.24) is 10.6 Å². The largest absolute Gasteiger partial charge is 0.416 e. The third-order valence-electron chi connectivity index (χ3n) is 4.38. The molecule has 28 heavy (non-hydrogen) atoms. The zero-order valence-corrected chi connectivity index (χ0v) is 15.1. The average Bonchev–Trinajstić information content (AvgIpc) is 3.45. The van der Waals surface area contributed by atoms with Crippen molar-refractivity contribution >= 4 is 17.6 Å². The summed E-state index contributed by atoms with van der Waals surface area (Å²) in [6.07, 6.45) is -2.44. The van der Waals surface area contributed by atoms with Crippen molar-refractivity contribution < 1.29 is 22.8 Å². The maximum atomic E-state index is 12.6. The Morgan fingerprint density at radius 2 is 1.75 bits per heavy atom. The molecule has 1 aliphatic carbocycles.